The summed E-state index contributed by atoms with van der Waals surface area (Å²) in [6.45, 7) is 4.72. The monoisotopic (exact) mass is 248 g/mol. The fourth-order valence-corrected chi connectivity index (χ4v) is 1.91. The molecule has 0 saturated carbocycles. The summed E-state index contributed by atoms with van der Waals surface area (Å²) in [5, 5.41) is 8.97. The number of carboxylic acid groups (broad SMARTS) is 1. The summed E-state index contributed by atoms with van der Waals surface area (Å²) in [4.78, 5) is 25.5. The van der Waals surface area contributed by atoms with Crippen molar-refractivity contribution in [1.29, 1.82) is 0 Å². The zero-order chi connectivity index (χ0) is 13.3. The van der Waals surface area contributed by atoms with Crippen LogP contribution in [-0.4, -0.2) is 20.6 Å². The third-order valence-electron chi connectivity index (χ3n) is 3.21. The SMILES string of the molecule is CCC(C)Cn1c(=O)[nH]c2ccc(C(=O)O)cc21. The summed E-state index contributed by atoms with van der Waals surface area (Å²) in [5.41, 5.74) is 1.33. The van der Waals surface area contributed by atoms with E-state index in [1.54, 1.807) is 10.6 Å². The lowest BCUT2D eigenvalue weighted by molar-refractivity contribution is 0.0697. The number of aromatic nitrogens is 2. The normalized spacial score (nSPS) is 12.8. The van der Waals surface area contributed by atoms with E-state index in [0.717, 1.165) is 6.42 Å². The van der Waals surface area contributed by atoms with Crippen molar-refractivity contribution in [2.45, 2.75) is 26.8 Å². The second kappa shape index (κ2) is 4.68. The highest BCUT2D eigenvalue weighted by Gasteiger charge is 2.12. The van der Waals surface area contributed by atoms with Crippen LogP contribution in [0.2, 0.25) is 0 Å². The molecule has 0 saturated heterocycles. The van der Waals surface area contributed by atoms with Crippen molar-refractivity contribution >= 4 is 17.0 Å². The predicted octanol–water partition coefficient (Wildman–Crippen LogP) is 2.07. The number of nitrogens with zero attached hydrogens (tertiary/aromatic N) is 1. The van der Waals surface area contributed by atoms with Gasteiger partial charge in [-0.3, -0.25) is 4.57 Å². The second-order valence-electron chi connectivity index (χ2n) is 4.59. The standard InChI is InChI=1S/C13H16N2O3/c1-3-8(2)7-15-11-6-9(12(16)17)4-5-10(11)14-13(15)18/h4-6,8H,3,7H2,1-2H3,(H,14,18)(H,16,17). The van der Waals surface area contributed by atoms with Crippen molar-refractivity contribution in [2.24, 2.45) is 5.92 Å². The summed E-state index contributed by atoms with van der Waals surface area (Å²) in [7, 11) is 0. The van der Waals surface area contributed by atoms with Crippen molar-refractivity contribution < 1.29 is 9.90 Å². The van der Waals surface area contributed by atoms with Crippen LogP contribution in [0.5, 0.6) is 0 Å². The van der Waals surface area contributed by atoms with E-state index in [0.29, 0.717) is 23.5 Å². The van der Waals surface area contributed by atoms with Gasteiger partial charge in [0.2, 0.25) is 0 Å². The maximum atomic E-state index is 11.8. The number of nitrogens with one attached hydrogen (secondary N) is 1. The van der Waals surface area contributed by atoms with E-state index < -0.39 is 5.97 Å². The van der Waals surface area contributed by atoms with Crippen molar-refractivity contribution in [3.63, 3.8) is 0 Å². The van der Waals surface area contributed by atoms with Gasteiger partial charge >= 0.3 is 11.7 Å². The lowest BCUT2D eigenvalue weighted by Crippen LogP contribution is -2.20. The van der Waals surface area contributed by atoms with Crippen LogP contribution in [0.4, 0.5) is 0 Å². The lowest BCUT2D eigenvalue weighted by atomic mass is 10.1. The number of aromatic carboxylic acids is 1. The Morgan fingerprint density at radius 2 is 2.22 bits per heavy atom. The molecule has 1 aromatic carbocycles. The number of rotatable bonds is 4. The fraction of sp³-hybridized carbons (Fsp3) is 0.385. The number of imidazole rings is 1. The first-order chi connectivity index (χ1) is 8.52. The smallest absolute Gasteiger partial charge is 0.335 e. The number of aromatic amines is 1. The van der Waals surface area contributed by atoms with Crippen LogP contribution in [0.15, 0.2) is 23.0 Å². The molecule has 2 N–H and O–H groups in total. The molecule has 18 heavy (non-hydrogen) atoms. The molecule has 2 aromatic rings. The van der Waals surface area contributed by atoms with Crippen LogP contribution in [-0.2, 0) is 6.54 Å². The van der Waals surface area contributed by atoms with Crippen molar-refractivity contribution in [1.82, 2.24) is 9.55 Å². The Hall–Kier alpha value is -2.04. The molecule has 1 atom stereocenters. The molecule has 0 spiro atoms. The fourth-order valence-electron chi connectivity index (χ4n) is 1.91. The number of fused-ring (bicyclic) bond motifs is 1. The molecule has 1 heterocycles. The molecule has 1 unspecified atom stereocenters. The number of benzene rings is 1. The first kappa shape index (κ1) is 12.4. The minimum absolute atomic E-state index is 0.187. The zero-order valence-electron chi connectivity index (χ0n) is 10.4. The van der Waals surface area contributed by atoms with Gasteiger partial charge in [-0.1, -0.05) is 20.3 Å². The van der Waals surface area contributed by atoms with Crippen LogP contribution in [0.1, 0.15) is 30.6 Å². The molecule has 0 amide bonds. The third-order valence-corrected chi connectivity index (χ3v) is 3.21. The largest absolute Gasteiger partial charge is 0.478 e. The number of hydrogen-bond donors (Lipinski definition) is 2. The maximum Gasteiger partial charge on any atom is 0.335 e. The van der Waals surface area contributed by atoms with Gasteiger partial charge in [-0.05, 0) is 24.1 Å². The van der Waals surface area contributed by atoms with E-state index >= 15 is 0 Å². The Morgan fingerprint density at radius 1 is 1.50 bits per heavy atom. The number of carboxylic acids is 1. The van der Waals surface area contributed by atoms with E-state index in [-0.39, 0.29) is 11.3 Å². The molecule has 5 heteroatoms. The van der Waals surface area contributed by atoms with E-state index in [2.05, 4.69) is 18.8 Å². The van der Waals surface area contributed by atoms with Crippen molar-refractivity contribution in [3.8, 4) is 0 Å². The van der Waals surface area contributed by atoms with E-state index in [1.807, 2.05) is 0 Å². The van der Waals surface area contributed by atoms with Gasteiger partial charge in [0.15, 0.2) is 0 Å². The van der Waals surface area contributed by atoms with Gasteiger partial charge in [0.1, 0.15) is 0 Å². The summed E-state index contributed by atoms with van der Waals surface area (Å²) < 4.78 is 1.61. The topological polar surface area (TPSA) is 75.1 Å². The Bertz CT molecular complexity index is 639. The highest BCUT2D eigenvalue weighted by atomic mass is 16.4. The molecular formula is C13H16N2O3. The number of carbonyl (C=O) groups is 1. The first-order valence-corrected chi connectivity index (χ1v) is 5.98. The highest BCUT2D eigenvalue weighted by Crippen LogP contribution is 2.15. The molecule has 0 aliphatic carbocycles. The molecule has 1 aromatic heterocycles. The van der Waals surface area contributed by atoms with Crippen LogP contribution in [0, 0.1) is 5.92 Å². The van der Waals surface area contributed by atoms with Gasteiger partial charge < -0.3 is 10.1 Å². The van der Waals surface area contributed by atoms with Crippen molar-refractivity contribution in [3.05, 3.63) is 34.2 Å². The Kier molecular flexibility index (Phi) is 3.23. The van der Waals surface area contributed by atoms with Crippen LogP contribution >= 0.6 is 0 Å². The highest BCUT2D eigenvalue weighted by molar-refractivity contribution is 5.92. The molecule has 96 valence electrons. The van der Waals surface area contributed by atoms with E-state index in [1.165, 1.54) is 12.1 Å². The van der Waals surface area contributed by atoms with Gasteiger partial charge in [-0.25, -0.2) is 9.59 Å². The average molecular weight is 248 g/mol. The quantitative estimate of drug-likeness (QED) is 0.869. The number of hydrogen-bond acceptors (Lipinski definition) is 2. The molecule has 0 bridgehead atoms. The first-order valence-electron chi connectivity index (χ1n) is 5.98. The van der Waals surface area contributed by atoms with Crippen LogP contribution in [0.25, 0.3) is 11.0 Å². The summed E-state index contributed by atoms with van der Waals surface area (Å²) >= 11 is 0. The minimum Gasteiger partial charge on any atom is -0.478 e. The van der Waals surface area contributed by atoms with E-state index in [4.69, 9.17) is 5.11 Å². The van der Waals surface area contributed by atoms with Crippen molar-refractivity contribution in [2.75, 3.05) is 0 Å². The average Bonchev–Trinajstić information content (AvgIpc) is 2.65. The molecule has 0 aliphatic heterocycles. The molecule has 0 fully saturated rings. The number of H-pyrrole nitrogens is 1. The molecular weight excluding hydrogens is 232 g/mol. The molecule has 2 rings (SSSR count). The maximum absolute atomic E-state index is 11.8. The van der Waals surface area contributed by atoms with Gasteiger partial charge in [0.25, 0.3) is 0 Å². The molecule has 0 radical (unpaired) electrons. The Morgan fingerprint density at radius 3 is 2.83 bits per heavy atom. The van der Waals surface area contributed by atoms with Gasteiger partial charge in [-0.2, -0.15) is 0 Å². The molecule has 5 nitrogen and oxygen atoms in total. The van der Waals surface area contributed by atoms with Crippen LogP contribution < -0.4 is 5.69 Å². The Labute approximate surface area is 104 Å². The molecule has 0 aliphatic rings. The summed E-state index contributed by atoms with van der Waals surface area (Å²) in [5.74, 6) is -0.615. The van der Waals surface area contributed by atoms with Crippen LogP contribution in [0.3, 0.4) is 0 Å². The summed E-state index contributed by atoms with van der Waals surface area (Å²) in [6, 6.07) is 4.67. The zero-order valence-corrected chi connectivity index (χ0v) is 10.4. The van der Waals surface area contributed by atoms with E-state index in [9.17, 15) is 9.59 Å². The second-order valence-corrected chi connectivity index (χ2v) is 4.59. The lowest BCUT2D eigenvalue weighted by Gasteiger charge is -2.09. The third kappa shape index (κ3) is 2.16. The van der Waals surface area contributed by atoms with Gasteiger partial charge in [0, 0.05) is 6.54 Å². The minimum atomic E-state index is -0.986. The van der Waals surface area contributed by atoms with Gasteiger partial charge in [-0.15, -0.1) is 0 Å². The Balaban J connectivity index is 2.57. The predicted molar refractivity (Wildman–Crippen MR) is 69.0 cm³/mol. The van der Waals surface area contributed by atoms with Gasteiger partial charge in [0.05, 0.1) is 16.6 Å². The summed E-state index contributed by atoms with van der Waals surface area (Å²) in [6.07, 6.45) is 0.970.